The molecule has 0 fully saturated rings. The summed E-state index contributed by atoms with van der Waals surface area (Å²) in [5.74, 6) is -0.675. The predicted molar refractivity (Wildman–Crippen MR) is 190 cm³/mol. The van der Waals surface area contributed by atoms with Crippen LogP contribution in [0.5, 0.6) is 11.5 Å². The SMILES string of the molecule is CCOC(=O)C(C)(C)Oc1ccc2[nH]c(C)c(C(=O)OCc3ccccc3)c2c1.Cc1[nH]c2ccc(O)cc2c1C(=O)OCc1ccccc1. The third-order valence-corrected chi connectivity index (χ3v) is 7.90. The largest absolute Gasteiger partial charge is 0.508 e. The summed E-state index contributed by atoms with van der Waals surface area (Å²) in [7, 11) is 0. The highest BCUT2D eigenvalue weighted by Gasteiger charge is 2.32. The molecule has 2 aromatic heterocycles. The molecule has 258 valence electrons. The number of aromatic amines is 2. The summed E-state index contributed by atoms with van der Waals surface area (Å²) in [6.07, 6.45) is 0. The zero-order valence-corrected chi connectivity index (χ0v) is 28.7. The molecular formula is C40H40N2O8. The standard InChI is InChI=1S/C23H25NO5.C17H15NO3/c1-5-27-22(26)23(3,4)29-17-11-12-19-18(13-17)20(15(2)24-19)21(25)28-14-16-9-7-6-8-10-16;1-11-16(14-9-13(19)7-8-15(14)18-11)17(20)21-10-12-5-3-2-4-6-12/h6-13,24H,5,14H2,1-4H3;2-9,18-19H,10H2,1H3. The number of ether oxygens (including phenoxy) is 4. The van der Waals surface area contributed by atoms with Gasteiger partial charge >= 0.3 is 17.9 Å². The predicted octanol–water partition coefficient (Wildman–Crippen LogP) is 8.09. The Morgan fingerprint density at radius 2 is 1.14 bits per heavy atom. The number of carbonyl (C=O) groups is 3. The molecule has 4 aromatic carbocycles. The van der Waals surface area contributed by atoms with Crippen molar-refractivity contribution in [3.05, 3.63) is 131 Å². The van der Waals surface area contributed by atoms with Crippen LogP contribution in [0.4, 0.5) is 0 Å². The minimum Gasteiger partial charge on any atom is -0.508 e. The lowest BCUT2D eigenvalue weighted by Gasteiger charge is -2.24. The number of esters is 3. The number of H-pyrrole nitrogens is 2. The Labute approximate surface area is 290 Å². The Hall–Kier alpha value is -6.03. The number of benzene rings is 4. The van der Waals surface area contributed by atoms with Gasteiger partial charge in [0.1, 0.15) is 24.7 Å². The molecule has 3 N–H and O–H groups in total. The van der Waals surface area contributed by atoms with Crippen LogP contribution in [0.3, 0.4) is 0 Å². The first-order valence-corrected chi connectivity index (χ1v) is 16.2. The van der Waals surface area contributed by atoms with Crippen LogP contribution in [0.15, 0.2) is 97.1 Å². The van der Waals surface area contributed by atoms with Gasteiger partial charge in [0.05, 0.1) is 17.7 Å². The molecule has 10 nitrogen and oxygen atoms in total. The Morgan fingerprint density at radius 3 is 1.64 bits per heavy atom. The molecule has 6 rings (SSSR count). The van der Waals surface area contributed by atoms with Crippen LogP contribution < -0.4 is 4.74 Å². The molecule has 0 aliphatic rings. The highest BCUT2D eigenvalue weighted by molar-refractivity contribution is 6.06. The van der Waals surface area contributed by atoms with Crippen molar-refractivity contribution in [1.29, 1.82) is 0 Å². The van der Waals surface area contributed by atoms with Crippen molar-refractivity contribution in [2.24, 2.45) is 0 Å². The molecule has 2 heterocycles. The second kappa shape index (κ2) is 15.5. The number of nitrogens with one attached hydrogen (secondary N) is 2. The van der Waals surface area contributed by atoms with Crippen molar-refractivity contribution < 1.29 is 38.4 Å². The molecule has 0 saturated carbocycles. The van der Waals surface area contributed by atoms with Crippen molar-refractivity contribution in [1.82, 2.24) is 9.97 Å². The molecule has 0 aliphatic heterocycles. The van der Waals surface area contributed by atoms with E-state index in [1.807, 2.05) is 80.6 Å². The van der Waals surface area contributed by atoms with E-state index in [1.165, 1.54) is 0 Å². The van der Waals surface area contributed by atoms with Crippen molar-refractivity contribution in [3.63, 3.8) is 0 Å². The molecule has 6 aromatic rings. The number of rotatable bonds is 10. The van der Waals surface area contributed by atoms with E-state index in [-0.39, 0.29) is 25.6 Å². The summed E-state index contributed by atoms with van der Waals surface area (Å²) in [6.45, 7) is 9.37. The van der Waals surface area contributed by atoms with E-state index >= 15 is 0 Å². The first-order valence-electron chi connectivity index (χ1n) is 16.2. The number of carbonyl (C=O) groups excluding carboxylic acids is 3. The summed E-state index contributed by atoms with van der Waals surface area (Å²) in [6, 6.07) is 29.2. The number of hydrogen-bond donors (Lipinski definition) is 3. The van der Waals surface area contributed by atoms with Gasteiger partial charge in [-0.1, -0.05) is 60.7 Å². The van der Waals surface area contributed by atoms with E-state index in [9.17, 15) is 19.5 Å². The average Bonchev–Trinajstić information content (AvgIpc) is 3.61. The van der Waals surface area contributed by atoms with Gasteiger partial charge in [0.25, 0.3) is 0 Å². The van der Waals surface area contributed by atoms with Gasteiger partial charge in [-0.3, -0.25) is 0 Å². The molecule has 0 unspecified atom stereocenters. The maximum Gasteiger partial charge on any atom is 0.349 e. The number of fused-ring (bicyclic) bond motifs is 2. The maximum atomic E-state index is 12.7. The maximum absolute atomic E-state index is 12.7. The third kappa shape index (κ3) is 8.33. The monoisotopic (exact) mass is 676 g/mol. The molecule has 0 bridgehead atoms. The minimum absolute atomic E-state index is 0.124. The molecule has 0 atom stereocenters. The molecule has 50 heavy (non-hydrogen) atoms. The van der Waals surface area contributed by atoms with Gasteiger partial charge in [-0.2, -0.15) is 0 Å². The van der Waals surface area contributed by atoms with Crippen LogP contribution in [0.2, 0.25) is 0 Å². The van der Waals surface area contributed by atoms with Gasteiger partial charge in [-0.05, 0) is 82.1 Å². The Balaban J connectivity index is 0.000000204. The number of aromatic hydroxyl groups is 1. The summed E-state index contributed by atoms with van der Waals surface area (Å²) in [5.41, 5.74) is 4.65. The summed E-state index contributed by atoms with van der Waals surface area (Å²) in [5, 5.41) is 10.9. The van der Waals surface area contributed by atoms with Gasteiger partial charge in [0.2, 0.25) is 0 Å². The molecular weight excluding hydrogens is 636 g/mol. The molecule has 10 heteroatoms. The Morgan fingerprint density at radius 1 is 0.660 bits per heavy atom. The number of phenols is 1. The van der Waals surface area contributed by atoms with E-state index in [1.54, 1.807) is 51.1 Å². The van der Waals surface area contributed by atoms with Gasteiger partial charge in [-0.25, -0.2) is 14.4 Å². The second-order valence-corrected chi connectivity index (χ2v) is 12.1. The second-order valence-electron chi connectivity index (χ2n) is 12.1. The van der Waals surface area contributed by atoms with E-state index in [0.717, 1.165) is 27.9 Å². The molecule has 0 amide bonds. The number of aryl methyl sites for hydroxylation is 2. The molecule has 0 saturated heterocycles. The van der Waals surface area contributed by atoms with E-state index in [2.05, 4.69) is 9.97 Å². The topological polar surface area (TPSA) is 140 Å². The van der Waals surface area contributed by atoms with E-state index < -0.39 is 23.5 Å². The van der Waals surface area contributed by atoms with E-state index in [0.29, 0.717) is 33.3 Å². The normalized spacial score (nSPS) is 11.1. The van der Waals surface area contributed by atoms with Crippen LogP contribution in [0.25, 0.3) is 21.8 Å². The third-order valence-electron chi connectivity index (χ3n) is 7.90. The number of aromatic nitrogens is 2. The lowest BCUT2D eigenvalue weighted by molar-refractivity contribution is -0.158. The van der Waals surface area contributed by atoms with Crippen molar-refractivity contribution in [2.75, 3.05) is 6.61 Å². The summed E-state index contributed by atoms with van der Waals surface area (Å²) >= 11 is 0. The zero-order valence-electron chi connectivity index (χ0n) is 28.7. The fourth-order valence-electron chi connectivity index (χ4n) is 5.44. The number of phenolic OH excluding ortho intramolecular Hbond substituents is 1. The first-order chi connectivity index (χ1) is 24.0. The lowest BCUT2D eigenvalue weighted by atomic mass is 10.1. The molecule has 0 aliphatic carbocycles. The Bertz CT molecular complexity index is 2110. The highest BCUT2D eigenvalue weighted by atomic mass is 16.6. The van der Waals surface area contributed by atoms with Crippen molar-refractivity contribution in [2.45, 2.75) is 53.4 Å². The van der Waals surface area contributed by atoms with Gasteiger partial charge in [0.15, 0.2) is 5.60 Å². The van der Waals surface area contributed by atoms with Crippen LogP contribution in [0.1, 0.15) is 64.0 Å². The van der Waals surface area contributed by atoms with Gasteiger partial charge in [0, 0.05) is 33.2 Å². The fourth-order valence-corrected chi connectivity index (χ4v) is 5.44. The van der Waals surface area contributed by atoms with Crippen molar-refractivity contribution >= 4 is 39.7 Å². The van der Waals surface area contributed by atoms with Crippen molar-refractivity contribution in [3.8, 4) is 11.5 Å². The smallest absolute Gasteiger partial charge is 0.349 e. The van der Waals surface area contributed by atoms with Crippen LogP contribution >= 0.6 is 0 Å². The van der Waals surface area contributed by atoms with Crippen LogP contribution in [-0.4, -0.2) is 45.2 Å². The average molecular weight is 677 g/mol. The Kier molecular flexibility index (Phi) is 10.9. The molecule has 0 radical (unpaired) electrons. The summed E-state index contributed by atoms with van der Waals surface area (Å²) < 4.78 is 21.8. The van der Waals surface area contributed by atoms with Crippen LogP contribution in [0, 0.1) is 13.8 Å². The highest BCUT2D eigenvalue weighted by Crippen LogP contribution is 2.30. The quantitative estimate of drug-likeness (QED) is 0.0977. The summed E-state index contributed by atoms with van der Waals surface area (Å²) in [4.78, 5) is 43.5. The van der Waals surface area contributed by atoms with E-state index in [4.69, 9.17) is 18.9 Å². The fraction of sp³-hybridized carbons (Fsp3) is 0.225. The van der Waals surface area contributed by atoms with Gasteiger partial charge < -0.3 is 34.0 Å². The minimum atomic E-state index is -1.15. The lowest BCUT2D eigenvalue weighted by Crippen LogP contribution is -2.39. The van der Waals surface area contributed by atoms with Gasteiger partial charge in [-0.15, -0.1) is 0 Å². The zero-order chi connectivity index (χ0) is 35.8. The van der Waals surface area contributed by atoms with Crippen LogP contribution in [-0.2, 0) is 32.2 Å². The number of hydrogen-bond acceptors (Lipinski definition) is 8. The first kappa shape index (κ1) is 35.3. The molecule has 0 spiro atoms.